The van der Waals surface area contributed by atoms with Gasteiger partial charge in [-0.3, -0.25) is 0 Å². The highest BCUT2D eigenvalue weighted by molar-refractivity contribution is 5.45. The van der Waals surface area contributed by atoms with E-state index in [1.807, 2.05) is 6.07 Å². The first-order valence-corrected chi connectivity index (χ1v) is 6.51. The number of hydrogen-bond donors (Lipinski definition) is 2. The average molecular weight is 234 g/mol. The SMILES string of the molecule is OCCN(CC1CCCNC1)c1ccccc1. The van der Waals surface area contributed by atoms with Crippen LogP contribution in [0.5, 0.6) is 0 Å². The Balaban J connectivity index is 1.96. The van der Waals surface area contributed by atoms with Gasteiger partial charge in [-0.05, 0) is 44.0 Å². The number of aliphatic hydroxyl groups is 1. The summed E-state index contributed by atoms with van der Waals surface area (Å²) >= 11 is 0. The van der Waals surface area contributed by atoms with E-state index < -0.39 is 0 Å². The molecule has 3 heteroatoms. The summed E-state index contributed by atoms with van der Waals surface area (Å²) in [4.78, 5) is 2.29. The van der Waals surface area contributed by atoms with Crippen molar-refractivity contribution in [3.05, 3.63) is 30.3 Å². The van der Waals surface area contributed by atoms with Crippen molar-refractivity contribution in [1.82, 2.24) is 5.32 Å². The largest absolute Gasteiger partial charge is 0.395 e. The van der Waals surface area contributed by atoms with Crippen molar-refractivity contribution >= 4 is 5.69 Å². The average Bonchev–Trinajstić information content (AvgIpc) is 2.40. The summed E-state index contributed by atoms with van der Waals surface area (Å²) in [5, 5.41) is 12.6. The lowest BCUT2D eigenvalue weighted by molar-refractivity contribution is 0.295. The van der Waals surface area contributed by atoms with Gasteiger partial charge in [0.25, 0.3) is 0 Å². The van der Waals surface area contributed by atoms with Crippen LogP contribution in [0.1, 0.15) is 12.8 Å². The second-order valence-electron chi connectivity index (χ2n) is 4.72. The number of anilines is 1. The molecule has 0 amide bonds. The van der Waals surface area contributed by atoms with Crippen LogP contribution < -0.4 is 10.2 Å². The third kappa shape index (κ3) is 3.72. The zero-order chi connectivity index (χ0) is 11.9. The minimum Gasteiger partial charge on any atom is -0.395 e. The van der Waals surface area contributed by atoms with Gasteiger partial charge < -0.3 is 15.3 Å². The Labute approximate surface area is 103 Å². The van der Waals surface area contributed by atoms with Gasteiger partial charge in [0.1, 0.15) is 0 Å². The molecule has 3 nitrogen and oxygen atoms in total. The van der Waals surface area contributed by atoms with Crippen LogP contribution in [0.4, 0.5) is 5.69 Å². The van der Waals surface area contributed by atoms with Crippen LogP contribution in [0.15, 0.2) is 30.3 Å². The van der Waals surface area contributed by atoms with Crippen LogP contribution in [0.25, 0.3) is 0 Å². The number of piperidine rings is 1. The minimum atomic E-state index is 0.217. The Hall–Kier alpha value is -1.06. The van der Waals surface area contributed by atoms with E-state index in [1.54, 1.807) is 0 Å². The maximum atomic E-state index is 9.17. The highest BCUT2D eigenvalue weighted by Crippen LogP contribution is 2.18. The van der Waals surface area contributed by atoms with Crippen LogP contribution in [-0.4, -0.2) is 37.9 Å². The molecule has 1 aliphatic heterocycles. The predicted molar refractivity (Wildman–Crippen MR) is 71.3 cm³/mol. The standard InChI is InChI=1S/C14H22N2O/c17-10-9-16(14-6-2-1-3-7-14)12-13-5-4-8-15-11-13/h1-3,6-7,13,15,17H,4-5,8-12H2. The predicted octanol–water partition coefficient (Wildman–Crippen LogP) is 1.48. The Morgan fingerprint density at radius 1 is 1.29 bits per heavy atom. The first-order valence-electron chi connectivity index (χ1n) is 6.51. The summed E-state index contributed by atoms with van der Waals surface area (Å²) in [6.45, 7) is 4.24. The van der Waals surface area contributed by atoms with Crippen molar-refractivity contribution in [1.29, 1.82) is 0 Å². The number of para-hydroxylation sites is 1. The second-order valence-corrected chi connectivity index (χ2v) is 4.72. The Morgan fingerprint density at radius 2 is 2.12 bits per heavy atom. The molecule has 0 saturated carbocycles. The van der Waals surface area contributed by atoms with Crippen LogP contribution in [0, 0.1) is 5.92 Å². The fourth-order valence-corrected chi connectivity index (χ4v) is 2.48. The molecule has 1 heterocycles. The first kappa shape index (κ1) is 12.4. The fraction of sp³-hybridized carbons (Fsp3) is 0.571. The normalized spacial score (nSPS) is 20.2. The van der Waals surface area contributed by atoms with E-state index in [9.17, 15) is 5.11 Å². The fourth-order valence-electron chi connectivity index (χ4n) is 2.48. The van der Waals surface area contributed by atoms with E-state index in [1.165, 1.54) is 18.5 Å². The number of rotatable bonds is 5. The molecule has 0 bridgehead atoms. The van der Waals surface area contributed by atoms with Gasteiger partial charge in [-0.25, -0.2) is 0 Å². The van der Waals surface area contributed by atoms with Gasteiger partial charge in [0.05, 0.1) is 6.61 Å². The van der Waals surface area contributed by atoms with E-state index in [4.69, 9.17) is 0 Å². The molecule has 1 saturated heterocycles. The monoisotopic (exact) mass is 234 g/mol. The molecule has 1 atom stereocenters. The number of nitrogens with zero attached hydrogens (tertiary/aromatic N) is 1. The van der Waals surface area contributed by atoms with Crippen molar-refractivity contribution in [3.63, 3.8) is 0 Å². The smallest absolute Gasteiger partial charge is 0.0606 e. The van der Waals surface area contributed by atoms with E-state index in [0.717, 1.165) is 26.2 Å². The molecule has 0 aromatic heterocycles. The van der Waals surface area contributed by atoms with Gasteiger partial charge >= 0.3 is 0 Å². The maximum absolute atomic E-state index is 9.17. The number of nitrogens with one attached hydrogen (secondary N) is 1. The molecule has 1 fully saturated rings. The summed E-state index contributed by atoms with van der Waals surface area (Å²) in [7, 11) is 0. The molecule has 0 radical (unpaired) electrons. The third-order valence-electron chi connectivity index (χ3n) is 3.37. The molecule has 17 heavy (non-hydrogen) atoms. The molecule has 2 N–H and O–H groups in total. The topological polar surface area (TPSA) is 35.5 Å². The number of hydrogen-bond acceptors (Lipinski definition) is 3. The first-order chi connectivity index (χ1) is 8.40. The van der Waals surface area contributed by atoms with E-state index >= 15 is 0 Å². The van der Waals surface area contributed by atoms with E-state index in [-0.39, 0.29) is 6.61 Å². The minimum absolute atomic E-state index is 0.217. The van der Waals surface area contributed by atoms with E-state index in [0.29, 0.717) is 5.92 Å². The lowest BCUT2D eigenvalue weighted by Crippen LogP contribution is -2.39. The van der Waals surface area contributed by atoms with Crippen LogP contribution in [0.3, 0.4) is 0 Å². The summed E-state index contributed by atoms with van der Waals surface area (Å²) in [6.07, 6.45) is 2.56. The summed E-state index contributed by atoms with van der Waals surface area (Å²) in [6, 6.07) is 10.4. The summed E-state index contributed by atoms with van der Waals surface area (Å²) < 4.78 is 0. The molecule has 0 spiro atoms. The maximum Gasteiger partial charge on any atom is 0.0606 e. The molecule has 2 rings (SSSR count). The molecular weight excluding hydrogens is 212 g/mol. The molecule has 1 aromatic carbocycles. The molecule has 1 aliphatic rings. The summed E-state index contributed by atoms with van der Waals surface area (Å²) in [5.41, 5.74) is 1.21. The molecule has 94 valence electrons. The van der Waals surface area contributed by atoms with Gasteiger partial charge in [-0.1, -0.05) is 18.2 Å². The van der Waals surface area contributed by atoms with Gasteiger partial charge in [-0.15, -0.1) is 0 Å². The third-order valence-corrected chi connectivity index (χ3v) is 3.37. The van der Waals surface area contributed by atoms with Gasteiger partial charge in [0, 0.05) is 18.8 Å². The lowest BCUT2D eigenvalue weighted by Gasteiger charge is -2.31. The van der Waals surface area contributed by atoms with Crippen molar-refractivity contribution in [2.45, 2.75) is 12.8 Å². The van der Waals surface area contributed by atoms with Crippen molar-refractivity contribution in [2.24, 2.45) is 5.92 Å². The Morgan fingerprint density at radius 3 is 2.76 bits per heavy atom. The Kier molecular flexibility index (Phi) is 4.83. The summed E-state index contributed by atoms with van der Waals surface area (Å²) in [5.74, 6) is 0.704. The van der Waals surface area contributed by atoms with Crippen molar-refractivity contribution < 1.29 is 5.11 Å². The molecule has 1 aromatic rings. The van der Waals surface area contributed by atoms with Crippen molar-refractivity contribution in [2.75, 3.05) is 37.7 Å². The number of benzene rings is 1. The highest BCUT2D eigenvalue weighted by atomic mass is 16.3. The molecule has 1 unspecified atom stereocenters. The molecule has 0 aliphatic carbocycles. The quantitative estimate of drug-likeness (QED) is 0.810. The zero-order valence-electron chi connectivity index (χ0n) is 10.3. The van der Waals surface area contributed by atoms with Crippen LogP contribution in [0.2, 0.25) is 0 Å². The van der Waals surface area contributed by atoms with Gasteiger partial charge in [0.2, 0.25) is 0 Å². The van der Waals surface area contributed by atoms with Crippen LogP contribution >= 0.6 is 0 Å². The van der Waals surface area contributed by atoms with E-state index in [2.05, 4.69) is 34.5 Å². The molecular formula is C14H22N2O. The van der Waals surface area contributed by atoms with Gasteiger partial charge in [0.15, 0.2) is 0 Å². The Bertz CT molecular complexity index is 309. The zero-order valence-corrected chi connectivity index (χ0v) is 10.3. The second kappa shape index (κ2) is 6.62. The van der Waals surface area contributed by atoms with Gasteiger partial charge in [-0.2, -0.15) is 0 Å². The number of aliphatic hydroxyl groups excluding tert-OH is 1. The van der Waals surface area contributed by atoms with Crippen LogP contribution in [-0.2, 0) is 0 Å². The lowest BCUT2D eigenvalue weighted by atomic mass is 9.99. The van der Waals surface area contributed by atoms with Crippen molar-refractivity contribution in [3.8, 4) is 0 Å². The highest BCUT2D eigenvalue weighted by Gasteiger charge is 2.16.